The van der Waals surface area contributed by atoms with E-state index in [0.717, 1.165) is 6.42 Å². The molecule has 0 amide bonds. The molecule has 0 heterocycles. The molecule has 0 radical (unpaired) electrons. The van der Waals surface area contributed by atoms with E-state index in [4.69, 9.17) is 4.74 Å². The zero-order valence-electron chi connectivity index (χ0n) is 28.4. The van der Waals surface area contributed by atoms with Crippen molar-refractivity contribution in [2.24, 2.45) is 5.92 Å². The zero-order valence-corrected chi connectivity index (χ0v) is 28.4. The largest absolute Gasteiger partial charge is 0.504 e. The smallest absolute Gasteiger partial charge is 0.192 e. The molecule has 0 spiro atoms. The van der Waals surface area contributed by atoms with Crippen LogP contribution in [0, 0.1) is 5.92 Å². The number of nitrogens with one attached hydrogen (secondary N) is 1. The number of methoxy groups -OCH3 is 1. The van der Waals surface area contributed by atoms with E-state index < -0.39 is 42.5 Å². The number of carbonyl (C=O) groups is 1. The molecule has 50 heavy (non-hydrogen) atoms. The van der Waals surface area contributed by atoms with Crippen LogP contribution in [0.15, 0.2) is 27.3 Å². The average molecular weight is 680 g/mol. The molecule has 5 aromatic rings. The number of allylic oxidation sites excluding steroid dienone is 1. The molecular weight excluding hydrogens is 638 g/mol. The third kappa shape index (κ3) is 4.58. The second kappa shape index (κ2) is 11.9. The number of aliphatic hydroxyl groups is 4. The number of ether oxygens (including phenoxy) is 1. The molecule has 260 valence electrons. The highest BCUT2D eigenvalue weighted by Crippen LogP contribution is 2.55. The number of benzene rings is 5. The number of Topliss-reactive ketones (excluding diaryl/α,β-unsaturated/α-hetero) is 1. The van der Waals surface area contributed by atoms with Crippen LogP contribution in [0.1, 0.15) is 86.1 Å². The van der Waals surface area contributed by atoms with Gasteiger partial charge in [0.1, 0.15) is 5.78 Å². The third-order valence-corrected chi connectivity index (χ3v) is 11.7. The highest BCUT2D eigenvalue weighted by molar-refractivity contribution is 6.39. The van der Waals surface area contributed by atoms with E-state index in [1.54, 1.807) is 6.07 Å². The molecule has 2 fully saturated rings. The van der Waals surface area contributed by atoms with Gasteiger partial charge in [-0.05, 0) is 115 Å². The van der Waals surface area contributed by atoms with Gasteiger partial charge in [-0.25, -0.2) is 0 Å². The molecule has 2 saturated carbocycles. The maximum Gasteiger partial charge on any atom is 0.192 e. The standard InChI is InChI=1S/C40H41NO9/c1-16-8-24-25(10-18-4-6-22(45)9-18)38(48)32-26(41-21-5-7-23(46)13-21)11-19(14-42)29-30-20(15-43)12-27(47)33-35(30)36(31(24)34(29)32)37(28(16)17(2)44)40(50-3)39(33)49/h8,11-12,18,21-23,28,41-43,45-46,49H,4-7,9-10,13-15H2,1-3H3. The van der Waals surface area contributed by atoms with E-state index >= 15 is 4.79 Å². The Bertz CT molecular complexity index is 2400. The van der Waals surface area contributed by atoms with Crippen LogP contribution in [-0.4, -0.2) is 56.7 Å². The van der Waals surface area contributed by atoms with Crippen molar-refractivity contribution in [2.75, 3.05) is 12.4 Å². The van der Waals surface area contributed by atoms with Crippen molar-refractivity contribution in [1.29, 1.82) is 0 Å². The Morgan fingerprint density at radius 2 is 1.52 bits per heavy atom. The number of phenolic OH excluding ortho intramolecular Hbond substituents is 1. The van der Waals surface area contributed by atoms with Gasteiger partial charge >= 0.3 is 0 Å². The number of hydrogen-bond donors (Lipinski definition) is 6. The fraction of sp³-hybridized carbons (Fsp3) is 0.425. The Hall–Kier alpha value is -4.35. The topological polar surface area (TPSA) is 174 Å². The van der Waals surface area contributed by atoms with E-state index in [0.29, 0.717) is 110 Å². The second-order valence-corrected chi connectivity index (χ2v) is 14.7. The second-order valence-electron chi connectivity index (χ2n) is 14.7. The number of anilines is 1. The monoisotopic (exact) mass is 679 g/mol. The molecular formula is C40H41NO9. The van der Waals surface area contributed by atoms with Gasteiger partial charge in [0, 0.05) is 33.6 Å². The molecule has 10 nitrogen and oxygen atoms in total. The van der Waals surface area contributed by atoms with E-state index in [-0.39, 0.29) is 39.9 Å². The van der Waals surface area contributed by atoms with Gasteiger partial charge in [-0.1, -0.05) is 11.6 Å². The highest BCUT2D eigenvalue weighted by Gasteiger charge is 2.37. The lowest BCUT2D eigenvalue weighted by Gasteiger charge is -2.27. The van der Waals surface area contributed by atoms with E-state index in [1.165, 1.54) is 20.1 Å². The van der Waals surface area contributed by atoms with Gasteiger partial charge in [-0.2, -0.15) is 0 Å². The Balaban J connectivity index is 1.69. The molecule has 6 N–H and O–H groups in total. The molecule has 5 unspecified atom stereocenters. The van der Waals surface area contributed by atoms with Crippen LogP contribution in [0.2, 0.25) is 0 Å². The van der Waals surface area contributed by atoms with Crippen molar-refractivity contribution < 1.29 is 35.1 Å². The van der Waals surface area contributed by atoms with Crippen molar-refractivity contribution >= 4 is 60.6 Å². The number of phenols is 1. The molecule has 5 atom stereocenters. The first-order chi connectivity index (χ1) is 24.0. The van der Waals surface area contributed by atoms with Crippen molar-refractivity contribution in [1.82, 2.24) is 0 Å². The highest BCUT2D eigenvalue weighted by atomic mass is 16.5. The van der Waals surface area contributed by atoms with Gasteiger partial charge in [0.05, 0.1) is 49.2 Å². The van der Waals surface area contributed by atoms with Crippen LogP contribution in [0.25, 0.3) is 49.2 Å². The molecule has 3 aliphatic carbocycles. The van der Waals surface area contributed by atoms with Crippen LogP contribution in [0.5, 0.6) is 11.5 Å². The Morgan fingerprint density at radius 3 is 2.12 bits per heavy atom. The minimum atomic E-state index is -0.894. The fourth-order valence-electron chi connectivity index (χ4n) is 9.66. The molecule has 0 bridgehead atoms. The summed E-state index contributed by atoms with van der Waals surface area (Å²) in [5.74, 6) is -1.50. The van der Waals surface area contributed by atoms with Gasteiger partial charge in [-0.15, -0.1) is 0 Å². The number of carbonyl (C=O) groups excluding carboxylic acids is 1. The first-order valence-corrected chi connectivity index (χ1v) is 17.5. The van der Waals surface area contributed by atoms with Crippen molar-refractivity contribution in [3.05, 3.63) is 66.0 Å². The summed E-state index contributed by atoms with van der Waals surface area (Å²) in [6.45, 7) is 2.31. The zero-order chi connectivity index (χ0) is 35.3. The summed E-state index contributed by atoms with van der Waals surface area (Å²) < 4.78 is 5.85. The average Bonchev–Trinajstić information content (AvgIpc) is 3.65. The van der Waals surface area contributed by atoms with E-state index in [1.807, 2.05) is 13.0 Å². The number of aromatic hydroxyl groups is 1. The minimum Gasteiger partial charge on any atom is -0.504 e. The number of hydrogen-bond acceptors (Lipinski definition) is 10. The van der Waals surface area contributed by atoms with Crippen LogP contribution >= 0.6 is 0 Å². The van der Waals surface area contributed by atoms with E-state index in [9.17, 15) is 35.1 Å². The lowest BCUT2D eigenvalue weighted by atomic mass is 9.78. The van der Waals surface area contributed by atoms with Gasteiger partial charge in [0.2, 0.25) is 0 Å². The maximum absolute atomic E-state index is 15.2. The number of rotatable bonds is 8. The summed E-state index contributed by atoms with van der Waals surface area (Å²) in [7, 11) is 1.38. The number of ketones is 1. The van der Waals surface area contributed by atoms with Crippen LogP contribution < -0.4 is 20.9 Å². The number of aliphatic hydroxyl groups excluding tert-OH is 4. The summed E-state index contributed by atoms with van der Waals surface area (Å²) in [6.07, 6.45) is 5.07. The summed E-state index contributed by atoms with van der Waals surface area (Å²) in [5, 5.41) is 61.1. The van der Waals surface area contributed by atoms with Gasteiger partial charge in [-0.3, -0.25) is 14.4 Å². The maximum atomic E-state index is 15.2. The van der Waals surface area contributed by atoms with Crippen molar-refractivity contribution in [2.45, 2.75) is 96.2 Å². The first kappa shape index (κ1) is 32.8. The van der Waals surface area contributed by atoms with E-state index in [2.05, 4.69) is 5.32 Å². The third-order valence-electron chi connectivity index (χ3n) is 11.7. The van der Waals surface area contributed by atoms with Crippen LogP contribution in [0.4, 0.5) is 5.69 Å². The molecule has 5 aromatic carbocycles. The molecule has 3 aliphatic rings. The molecule has 0 aromatic heterocycles. The quantitative estimate of drug-likeness (QED) is 0.0996. The Kier molecular flexibility index (Phi) is 7.80. The number of fused-ring (bicyclic) bond motifs is 1. The SMILES string of the molecule is COc1c(O)c2c(=O)cc(CO)c3c4c(CO)cc(NC5CCC(O)C5)c5c(=O)c(CC6CCC(O)C6)c6c(c(c1C(C(C)=O)C(C)=C6)c23)c54. The minimum absolute atomic E-state index is 0.00651. The summed E-state index contributed by atoms with van der Waals surface area (Å²) in [6, 6.07) is 2.90. The summed E-state index contributed by atoms with van der Waals surface area (Å²) >= 11 is 0. The van der Waals surface area contributed by atoms with Crippen molar-refractivity contribution in [3.63, 3.8) is 0 Å². The van der Waals surface area contributed by atoms with Gasteiger partial charge in [0.15, 0.2) is 22.4 Å². The van der Waals surface area contributed by atoms with Crippen molar-refractivity contribution in [3.8, 4) is 11.5 Å². The van der Waals surface area contributed by atoms with Crippen LogP contribution in [0.3, 0.4) is 0 Å². The van der Waals surface area contributed by atoms with Gasteiger partial charge < -0.3 is 35.6 Å². The normalized spacial score (nSPS) is 23.5. The molecule has 0 aliphatic heterocycles. The summed E-state index contributed by atoms with van der Waals surface area (Å²) in [4.78, 5) is 42.7. The predicted octanol–water partition coefficient (Wildman–Crippen LogP) is 4.71. The lowest BCUT2D eigenvalue weighted by Crippen LogP contribution is -2.21. The molecule has 10 heteroatoms. The Labute approximate surface area is 287 Å². The van der Waals surface area contributed by atoms with Crippen LogP contribution in [-0.2, 0) is 24.4 Å². The van der Waals surface area contributed by atoms with Gasteiger partial charge in [0.25, 0.3) is 0 Å². The fourth-order valence-corrected chi connectivity index (χ4v) is 9.66. The lowest BCUT2D eigenvalue weighted by molar-refractivity contribution is -0.117. The predicted molar refractivity (Wildman–Crippen MR) is 193 cm³/mol. The first-order valence-electron chi connectivity index (χ1n) is 17.5. The summed E-state index contributed by atoms with van der Waals surface area (Å²) in [5.41, 5.74) is 2.62. The molecule has 0 saturated heterocycles. The Morgan fingerprint density at radius 1 is 0.860 bits per heavy atom. The molecule has 8 rings (SSSR count).